The summed E-state index contributed by atoms with van der Waals surface area (Å²) in [7, 11) is 2.88. The maximum Gasteiger partial charge on any atom is 0.332 e. The first kappa shape index (κ1) is 16.5. The highest BCUT2D eigenvalue weighted by Gasteiger charge is 2.15. The molecule has 0 amide bonds. The van der Waals surface area contributed by atoms with Crippen molar-refractivity contribution in [2.75, 3.05) is 5.01 Å². The Hall–Kier alpha value is -3.40. The molecule has 130 valence electrons. The van der Waals surface area contributed by atoms with E-state index in [2.05, 4.69) is 9.97 Å². The Balaban J connectivity index is 2.05. The van der Waals surface area contributed by atoms with E-state index in [1.165, 1.54) is 54.1 Å². The quantitative estimate of drug-likeness (QED) is 0.443. The van der Waals surface area contributed by atoms with Crippen LogP contribution in [-0.2, 0) is 14.1 Å². The number of rotatable bonds is 3. The van der Waals surface area contributed by atoms with Gasteiger partial charge < -0.3 is 10.7 Å². The van der Waals surface area contributed by atoms with E-state index in [0.717, 1.165) is 4.57 Å². The van der Waals surface area contributed by atoms with E-state index < -0.39 is 11.2 Å². The van der Waals surface area contributed by atoms with E-state index in [9.17, 15) is 14.0 Å². The highest BCUT2D eigenvalue weighted by Crippen LogP contribution is 2.15. The van der Waals surface area contributed by atoms with Crippen molar-refractivity contribution >= 4 is 22.5 Å². The van der Waals surface area contributed by atoms with Crippen LogP contribution < -0.4 is 27.8 Å². The molecule has 3 rings (SSSR count). The van der Waals surface area contributed by atoms with Gasteiger partial charge >= 0.3 is 5.69 Å². The van der Waals surface area contributed by atoms with Gasteiger partial charge in [0.05, 0.1) is 11.4 Å². The zero-order valence-electron chi connectivity index (χ0n) is 13.5. The van der Waals surface area contributed by atoms with Crippen molar-refractivity contribution in [3.8, 4) is 0 Å². The van der Waals surface area contributed by atoms with Crippen LogP contribution in [0.25, 0.3) is 16.9 Å². The van der Waals surface area contributed by atoms with Crippen molar-refractivity contribution in [1.82, 2.24) is 19.1 Å². The van der Waals surface area contributed by atoms with Crippen molar-refractivity contribution in [1.29, 1.82) is 0 Å². The van der Waals surface area contributed by atoms with E-state index in [-0.39, 0.29) is 28.5 Å². The Kier molecular flexibility index (Phi) is 3.89. The van der Waals surface area contributed by atoms with Crippen molar-refractivity contribution in [3.05, 3.63) is 62.9 Å². The molecule has 0 saturated heterocycles. The molecule has 0 radical (unpaired) electrons. The minimum atomic E-state index is -0.507. The molecule has 0 spiro atoms. The van der Waals surface area contributed by atoms with Crippen LogP contribution in [0.4, 0.5) is 10.1 Å². The topological polar surface area (TPSA) is 128 Å². The molecule has 2 heterocycles. The largest absolute Gasteiger partial charge is 0.394 e. The van der Waals surface area contributed by atoms with Crippen molar-refractivity contribution in [2.24, 2.45) is 25.7 Å². The predicted octanol–water partition coefficient (Wildman–Crippen LogP) is -0.263. The fourth-order valence-corrected chi connectivity index (χ4v) is 2.36. The van der Waals surface area contributed by atoms with Crippen molar-refractivity contribution < 1.29 is 4.39 Å². The molecule has 0 aliphatic carbocycles. The summed E-state index contributed by atoms with van der Waals surface area (Å²) in [5, 5.41) is 1.19. The van der Waals surface area contributed by atoms with Crippen LogP contribution in [0.15, 0.2) is 40.1 Å². The summed E-state index contributed by atoms with van der Waals surface area (Å²) in [4.78, 5) is 31.1. The van der Waals surface area contributed by atoms with Gasteiger partial charge in [-0.05, 0) is 24.3 Å². The van der Waals surface area contributed by atoms with Gasteiger partial charge in [0.2, 0.25) is 0 Å². The van der Waals surface area contributed by atoms with Gasteiger partial charge in [-0.25, -0.2) is 20.0 Å². The SMILES string of the molecule is Cn1c(=O)c2[nH]c(/C(N)=C/N(N)c3ccc(F)cc3)nc2n(C)c1=O. The summed E-state index contributed by atoms with van der Waals surface area (Å²) in [5.74, 6) is 5.68. The molecular weight excluding hydrogens is 329 g/mol. The fourth-order valence-electron chi connectivity index (χ4n) is 2.36. The second-order valence-electron chi connectivity index (χ2n) is 5.46. The van der Waals surface area contributed by atoms with Crippen LogP contribution in [0.1, 0.15) is 5.82 Å². The van der Waals surface area contributed by atoms with Crippen LogP contribution >= 0.6 is 0 Å². The minimum absolute atomic E-state index is 0.137. The van der Waals surface area contributed by atoms with Gasteiger partial charge in [0.15, 0.2) is 11.5 Å². The smallest absolute Gasteiger partial charge is 0.332 e. The first-order valence-electron chi connectivity index (χ1n) is 7.22. The standard InChI is InChI=1S/C15H16FN7O2/c1-21-13-11(14(24)22(2)15(21)25)19-12(20-13)10(17)7-23(18)9-5-3-8(16)4-6-9/h3-7H,17-18H2,1-2H3,(H,19,20)/b10-7-. The number of hydrogen-bond donors (Lipinski definition) is 3. The highest BCUT2D eigenvalue weighted by molar-refractivity contribution is 5.74. The zero-order chi connectivity index (χ0) is 18.3. The first-order chi connectivity index (χ1) is 11.8. The number of aryl methyl sites for hydroxylation is 1. The number of H-pyrrole nitrogens is 1. The van der Waals surface area contributed by atoms with E-state index in [1.807, 2.05) is 0 Å². The summed E-state index contributed by atoms with van der Waals surface area (Å²) in [5.41, 5.74) is 5.96. The third kappa shape index (κ3) is 2.78. The van der Waals surface area contributed by atoms with Crippen LogP contribution in [0.2, 0.25) is 0 Å². The van der Waals surface area contributed by atoms with Crippen molar-refractivity contribution in [2.45, 2.75) is 0 Å². The van der Waals surface area contributed by atoms with Gasteiger partial charge in [-0.1, -0.05) is 0 Å². The second-order valence-corrected chi connectivity index (χ2v) is 5.46. The maximum atomic E-state index is 13.0. The lowest BCUT2D eigenvalue weighted by Crippen LogP contribution is -2.36. The zero-order valence-corrected chi connectivity index (χ0v) is 13.5. The third-order valence-electron chi connectivity index (χ3n) is 3.77. The number of aromatic nitrogens is 4. The Morgan fingerprint density at radius 2 is 1.88 bits per heavy atom. The molecule has 0 atom stereocenters. The molecule has 0 aliphatic rings. The molecule has 10 heteroatoms. The second kappa shape index (κ2) is 5.91. The van der Waals surface area contributed by atoms with Gasteiger partial charge in [0.1, 0.15) is 11.3 Å². The van der Waals surface area contributed by atoms with E-state index in [4.69, 9.17) is 11.6 Å². The molecule has 2 aromatic heterocycles. The normalized spacial score (nSPS) is 11.9. The average molecular weight is 345 g/mol. The molecule has 0 fully saturated rings. The lowest BCUT2D eigenvalue weighted by Gasteiger charge is -2.14. The summed E-state index contributed by atoms with van der Waals surface area (Å²) >= 11 is 0. The Labute approximate surface area is 140 Å². The molecule has 0 saturated carbocycles. The number of benzene rings is 1. The lowest BCUT2D eigenvalue weighted by molar-refractivity contribution is 0.628. The number of hydrogen-bond acceptors (Lipinski definition) is 6. The molecule has 0 aliphatic heterocycles. The third-order valence-corrected chi connectivity index (χ3v) is 3.77. The molecule has 25 heavy (non-hydrogen) atoms. The average Bonchev–Trinajstić information content (AvgIpc) is 3.04. The number of nitrogens with two attached hydrogens (primary N) is 2. The van der Waals surface area contributed by atoms with Crippen LogP contribution in [-0.4, -0.2) is 19.1 Å². The van der Waals surface area contributed by atoms with E-state index in [1.54, 1.807) is 0 Å². The summed E-state index contributed by atoms with van der Waals surface area (Å²) in [6.45, 7) is 0. The molecule has 1 aromatic carbocycles. The number of aromatic amines is 1. The van der Waals surface area contributed by atoms with Crippen LogP contribution in [0.3, 0.4) is 0 Å². The summed E-state index contributed by atoms with van der Waals surface area (Å²) in [6.07, 6.45) is 1.37. The van der Waals surface area contributed by atoms with E-state index >= 15 is 0 Å². The van der Waals surface area contributed by atoms with Crippen LogP contribution in [0.5, 0.6) is 0 Å². The Bertz CT molecular complexity index is 1090. The Morgan fingerprint density at radius 1 is 1.24 bits per heavy atom. The molecule has 0 bridgehead atoms. The number of nitrogens with zero attached hydrogens (tertiary/aromatic N) is 4. The van der Waals surface area contributed by atoms with Gasteiger partial charge in [0, 0.05) is 20.3 Å². The molecule has 9 nitrogen and oxygen atoms in total. The molecule has 5 N–H and O–H groups in total. The van der Waals surface area contributed by atoms with Gasteiger partial charge in [-0.2, -0.15) is 0 Å². The van der Waals surface area contributed by atoms with Gasteiger partial charge in [-0.15, -0.1) is 0 Å². The Morgan fingerprint density at radius 3 is 2.52 bits per heavy atom. The highest BCUT2D eigenvalue weighted by atomic mass is 19.1. The van der Waals surface area contributed by atoms with Crippen LogP contribution in [0, 0.1) is 5.82 Å². The summed E-state index contributed by atoms with van der Waals surface area (Å²) in [6, 6.07) is 5.49. The number of fused-ring (bicyclic) bond motifs is 1. The minimum Gasteiger partial charge on any atom is -0.394 e. The maximum absolute atomic E-state index is 13.0. The lowest BCUT2D eigenvalue weighted by atomic mass is 10.3. The number of imidazole rings is 1. The number of hydrazine groups is 1. The van der Waals surface area contributed by atoms with Gasteiger partial charge in [-0.3, -0.25) is 18.9 Å². The number of nitrogens with one attached hydrogen (secondary N) is 1. The number of halogens is 1. The van der Waals surface area contributed by atoms with Gasteiger partial charge in [0.25, 0.3) is 5.56 Å². The first-order valence-corrected chi connectivity index (χ1v) is 7.22. The van der Waals surface area contributed by atoms with Crippen molar-refractivity contribution in [3.63, 3.8) is 0 Å². The van der Waals surface area contributed by atoms with E-state index in [0.29, 0.717) is 5.69 Å². The summed E-state index contributed by atoms with van der Waals surface area (Å²) < 4.78 is 15.2. The number of anilines is 1. The molecular formula is C15H16FN7O2. The monoisotopic (exact) mass is 345 g/mol. The predicted molar refractivity (Wildman–Crippen MR) is 91.8 cm³/mol. The molecule has 3 aromatic rings. The molecule has 0 unspecified atom stereocenters. The fraction of sp³-hybridized carbons (Fsp3) is 0.133.